The maximum Gasteiger partial charge on any atom is 0.273 e. The van der Waals surface area contributed by atoms with Gasteiger partial charge in [0.1, 0.15) is 11.8 Å². The van der Waals surface area contributed by atoms with Crippen molar-refractivity contribution in [3.8, 4) is 0 Å². The van der Waals surface area contributed by atoms with Crippen LogP contribution in [0.3, 0.4) is 0 Å². The van der Waals surface area contributed by atoms with Gasteiger partial charge in [-0.05, 0) is 19.1 Å². The fourth-order valence-corrected chi connectivity index (χ4v) is 2.04. The number of fused-ring (bicyclic) bond motifs is 4. The summed E-state index contributed by atoms with van der Waals surface area (Å²) in [4.78, 5) is 7.61. The lowest BCUT2D eigenvalue weighted by Crippen LogP contribution is -1.93. The lowest BCUT2D eigenvalue weighted by atomic mass is 10.2. The number of nitrogens with one attached hydrogen (secondary N) is 1. The summed E-state index contributed by atoms with van der Waals surface area (Å²) in [5.41, 5.74) is 3.82. The molecule has 4 aromatic rings. The average molecular weight is 224 g/mol. The molecule has 17 heavy (non-hydrogen) atoms. The van der Waals surface area contributed by atoms with Crippen LogP contribution < -0.4 is 0 Å². The molecule has 0 aliphatic heterocycles. The first-order chi connectivity index (χ1) is 8.31. The standard InChI is InChI=1S/C11H8N6/c1-6-2-3-8-7(4-6)9-10(13-8)14-11-15-12-5-17(11)16-9/h2-5H,1H3,(H,13,14,15). The van der Waals surface area contributed by atoms with Crippen molar-refractivity contribution in [1.29, 1.82) is 0 Å². The van der Waals surface area contributed by atoms with E-state index in [1.807, 2.05) is 6.07 Å². The van der Waals surface area contributed by atoms with Crippen LogP contribution in [0.1, 0.15) is 5.56 Å². The fourth-order valence-electron chi connectivity index (χ4n) is 2.04. The minimum Gasteiger partial charge on any atom is -0.338 e. The van der Waals surface area contributed by atoms with E-state index in [2.05, 4.69) is 44.3 Å². The van der Waals surface area contributed by atoms with Crippen LogP contribution in [0.4, 0.5) is 0 Å². The molecule has 6 heteroatoms. The Balaban J connectivity index is 2.28. The van der Waals surface area contributed by atoms with Gasteiger partial charge in [0, 0.05) is 10.9 Å². The summed E-state index contributed by atoms with van der Waals surface area (Å²) in [5, 5.41) is 13.2. The minimum absolute atomic E-state index is 0.501. The Kier molecular flexibility index (Phi) is 1.42. The van der Waals surface area contributed by atoms with Crippen molar-refractivity contribution in [2.24, 2.45) is 0 Å². The van der Waals surface area contributed by atoms with Gasteiger partial charge < -0.3 is 4.98 Å². The predicted molar refractivity (Wildman–Crippen MR) is 62.7 cm³/mol. The number of hydrogen-bond acceptors (Lipinski definition) is 4. The predicted octanol–water partition coefficient (Wildman–Crippen LogP) is 1.46. The smallest absolute Gasteiger partial charge is 0.273 e. The van der Waals surface area contributed by atoms with Crippen LogP contribution in [0.25, 0.3) is 27.8 Å². The van der Waals surface area contributed by atoms with Gasteiger partial charge in [0.15, 0.2) is 5.65 Å². The minimum atomic E-state index is 0.501. The SMILES string of the molecule is Cc1ccc2[nH]c3nc4nncn4nc3c2c1. The van der Waals surface area contributed by atoms with Crippen molar-refractivity contribution in [3.63, 3.8) is 0 Å². The molecule has 0 amide bonds. The molecule has 3 heterocycles. The van der Waals surface area contributed by atoms with Gasteiger partial charge in [-0.25, -0.2) is 0 Å². The Bertz CT molecular complexity index is 856. The molecule has 0 aliphatic carbocycles. The number of benzene rings is 1. The topological polar surface area (TPSA) is 71.8 Å². The van der Waals surface area contributed by atoms with Crippen LogP contribution in [-0.2, 0) is 0 Å². The summed E-state index contributed by atoms with van der Waals surface area (Å²) >= 11 is 0. The second kappa shape index (κ2) is 2.79. The fraction of sp³-hybridized carbons (Fsp3) is 0.0909. The number of nitrogens with zero attached hydrogens (tertiary/aromatic N) is 5. The molecule has 0 saturated heterocycles. The van der Waals surface area contributed by atoms with E-state index in [4.69, 9.17) is 0 Å². The molecule has 0 unspecified atom stereocenters. The molecular weight excluding hydrogens is 216 g/mol. The van der Waals surface area contributed by atoms with Gasteiger partial charge in [0.2, 0.25) is 0 Å². The Morgan fingerprint density at radius 2 is 2.24 bits per heavy atom. The van der Waals surface area contributed by atoms with Crippen LogP contribution in [0.15, 0.2) is 24.5 Å². The van der Waals surface area contributed by atoms with E-state index in [0.29, 0.717) is 5.78 Å². The van der Waals surface area contributed by atoms with Crippen LogP contribution >= 0.6 is 0 Å². The average Bonchev–Trinajstić information content (AvgIpc) is 2.89. The monoisotopic (exact) mass is 224 g/mol. The van der Waals surface area contributed by atoms with E-state index in [9.17, 15) is 0 Å². The van der Waals surface area contributed by atoms with Crippen molar-refractivity contribution in [3.05, 3.63) is 30.1 Å². The summed E-state index contributed by atoms with van der Waals surface area (Å²) in [6, 6.07) is 6.19. The Labute approximate surface area is 95.3 Å². The first-order valence-corrected chi connectivity index (χ1v) is 5.27. The molecule has 3 aromatic heterocycles. The van der Waals surface area contributed by atoms with Crippen molar-refractivity contribution in [2.75, 3.05) is 0 Å². The molecule has 0 radical (unpaired) electrons. The van der Waals surface area contributed by atoms with Crippen molar-refractivity contribution >= 4 is 27.8 Å². The van der Waals surface area contributed by atoms with Gasteiger partial charge in [0.05, 0.1) is 0 Å². The zero-order chi connectivity index (χ0) is 11.4. The highest BCUT2D eigenvalue weighted by Gasteiger charge is 2.09. The van der Waals surface area contributed by atoms with E-state index < -0.39 is 0 Å². The molecule has 0 spiro atoms. The van der Waals surface area contributed by atoms with Gasteiger partial charge in [-0.3, -0.25) is 0 Å². The number of H-pyrrole nitrogens is 1. The molecule has 82 valence electrons. The molecule has 6 nitrogen and oxygen atoms in total. The van der Waals surface area contributed by atoms with E-state index in [1.54, 1.807) is 10.8 Å². The molecule has 0 atom stereocenters. The summed E-state index contributed by atoms with van der Waals surface area (Å²) in [7, 11) is 0. The summed E-state index contributed by atoms with van der Waals surface area (Å²) < 4.78 is 1.58. The van der Waals surface area contributed by atoms with Crippen molar-refractivity contribution in [1.82, 2.24) is 29.8 Å². The maximum atomic E-state index is 4.46. The van der Waals surface area contributed by atoms with Crippen LogP contribution in [0.5, 0.6) is 0 Å². The van der Waals surface area contributed by atoms with Gasteiger partial charge in [-0.15, -0.1) is 10.2 Å². The molecule has 0 fully saturated rings. The number of aromatic amines is 1. The van der Waals surface area contributed by atoms with Gasteiger partial charge in [-0.1, -0.05) is 11.6 Å². The highest BCUT2D eigenvalue weighted by atomic mass is 15.4. The third-order valence-corrected chi connectivity index (χ3v) is 2.84. The number of rotatable bonds is 0. The first kappa shape index (κ1) is 8.63. The molecule has 0 bridgehead atoms. The van der Waals surface area contributed by atoms with Crippen LogP contribution in [-0.4, -0.2) is 29.8 Å². The highest BCUT2D eigenvalue weighted by molar-refractivity contribution is 6.03. The van der Waals surface area contributed by atoms with Crippen molar-refractivity contribution in [2.45, 2.75) is 6.92 Å². The zero-order valence-corrected chi connectivity index (χ0v) is 9.05. The Morgan fingerprint density at radius 1 is 1.29 bits per heavy atom. The van der Waals surface area contributed by atoms with Gasteiger partial charge in [0.25, 0.3) is 5.78 Å². The van der Waals surface area contributed by atoms with Crippen LogP contribution in [0, 0.1) is 6.92 Å². The Hall–Kier alpha value is -2.50. The lowest BCUT2D eigenvalue weighted by molar-refractivity contribution is 0.937. The van der Waals surface area contributed by atoms with E-state index in [0.717, 1.165) is 22.1 Å². The molecule has 1 N–H and O–H groups in total. The largest absolute Gasteiger partial charge is 0.338 e. The zero-order valence-electron chi connectivity index (χ0n) is 9.05. The van der Waals surface area contributed by atoms with Gasteiger partial charge >= 0.3 is 0 Å². The summed E-state index contributed by atoms with van der Waals surface area (Å²) in [6.07, 6.45) is 1.55. The molecule has 4 rings (SSSR count). The summed E-state index contributed by atoms with van der Waals surface area (Å²) in [6.45, 7) is 2.06. The second-order valence-electron chi connectivity index (χ2n) is 4.06. The highest BCUT2D eigenvalue weighted by Crippen LogP contribution is 2.23. The number of aryl methyl sites for hydroxylation is 1. The van der Waals surface area contributed by atoms with E-state index in [1.165, 1.54) is 5.56 Å². The normalized spacial score (nSPS) is 11.8. The van der Waals surface area contributed by atoms with E-state index >= 15 is 0 Å². The lowest BCUT2D eigenvalue weighted by Gasteiger charge is -1.93. The summed E-state index contributed by atoms with van der Waals surface area (Å²) in [5.74, 6) is 0.501. The van der Waals surface area contributed by atoms with Gasteiger partial charge in [-0.2, -0.15) is 14.6 Å². The first-order valence-electron chi connectivity index (χ1n) is 5.27. The molecular formula is C11H8N6. The third kappa shape index (κ3) is 1.09. The number of aromatic nitrogens is 6. The molecule has 0 saturated carbocycles. The number of hydrogen-bond donors (Lipinski definition) is 1. The van der Waals surface area contributed by atoms with Crippen LogP contribution in [0.2, 0.25) is 0 Å². The molecule has 0 aliphatic rings. The molecule has 1 aromatic carbocycles. The quantitative estimate of drug-likeness (QED) is 0.491. The second-order valence-corrected chi connectivity index (χ2v) is 4.06. The third-order valence-electron chi connectivity index (χ3n) is 2.84. The van der Waals surface area contributed by atoms with Crippen molar-refractivity contribution < 1.29 is 0 Å². The maximum absolute atomic E-state index is 4.46. The Morgan fingerprint density at radius 3 is 3.18 bits per heavy atom. The van der Waals surface area contributed by atoms with E-state index in [-0.39, 0.29) is 0 Å².